The van der Waals surface area contributed by atoms with Crippen LogP contribution in [0.2, 0.25) is 18.1 Å². The number of nitrogens with zero attached hydrogens (tertiary/aromatic N) is 1. The van der Waals surface area contributed by atoms with Gasteiger partial charge in [-0.3, -0.25) is 5.10 Å². The van der Waals surface area contributed by atoms with E-state index >= 15 is 0 Å². The molecule has 0 bridgehead atoms. The minimum Gasteiger partial charge on any atom is -0.480 e. The second kappa shape index (κ2) is 3.76. The van der Waals surface area contributed by atoms with Crippen molar-refractivity contribution in [2.75, 3.05) is 6.23 Å². The second-order valence-corrected chi connectivity index (χ2v) is 10.2. The zero-order chi connectivity index (χ0) is 12.7. The summed E-state index contributed by atoms with van der Waals surface area (Å²) in [6.07, 6.45) is -1.87. The summed E-state index contributed by atoms with van der Waals surface area (Å²) in [5.41, 5.74) is 0. The van der Waals surface area contributed by atoms with Gasteiger partial charge in [-0.1, -0.05) is 13.1 Å². The van der Waals surface area contributed by atoms with Crippen molar-refractivity contribution in [3.05, 3.63) is 12.3 Å². The lowest BCUT2D eigenvalue weighted by Gasteiger charge is -2.33. The summed E-state index contributed by atoms with van der Waals surface area (Å²) < 4.78 is 44.4. The maximum absolute atomic E-state index is 13.0. The highest BCUT2D eigenvalue weighted by atomic mass is 28.3. The smallest absolute Gasteiger partial charge is 0.392 e. The molecule has 1 aromatic rings. The molecule has 1 saturated carbocycles. The van der Waals surface area contributed by atoms with E-state index < -0.39 is 19.3 Å². The Bertz CT molecular complexity index is 385. The summed E-state index contributed by atoms with van der Waals surface area (Å²) in [4.78, 5) is 0. The number of aromatic amines is 1. The normalized spacial score (nSPS) is 19.1. The highest BCUT2D eigenvalue weighted by molar-refractivity contribution is 6.81. The third kappa shape index (κ3) is 2.08. The van der Waals surface area contributed by atoms with Gasteiger partial charge in [-0.2, -0.15) is 13.2 Å². The minimum atomic E-state index is -4.10. The first-order valence-corrected chi connectivity index (χ1v) is 8.69. The number of hydrogen-bond donors (Lipinski definition) is 1. The average molecular weight is 264 g/mol. The van der Waals surface area contributed by atoms with Gasteiger partial charge in [0.05, 0.1) is 11.3 Å². The van der Waals surface area contributed by atoms with Crippen LogP contribution < -0.4 is 4.74 Å². The lowest BCUT2D eigenvalue weighted by molar-refractivity contribution is -0.143. The number of hydrogen-bond acceptors (Lipinski definition) is 2. The van der Waals surface area contributed by atoms with Crippen molar-refractivity contribution < 1.29 is 17.9 Å². The molecule has 0 aliphatic heterocycles. The van der Waals surface area contributed by atoms with Crippen molar-refractivity contribution in [1.82, 2.24) is 10.2 Å². The van der Waals surface area contributed by atoms with Crippen LogP contribution in [0.25, 0.3) is 0 Å². The zero-order valence-electron chi connectivity index (χ0n) is 9.77. The van der Waals surface area contributed by atoms with E-state index in [1.54, 1.807) is 25.4 Å². The van der Waals surface area contributed by atoms with Crippen molar-refractivity contribution in [1.29, 1.82) is 0 Å². The molecule has 1 aliphatic carbocycles. The molecule has 0 aromatic carbocycles. The van der Waals surface area contributed by atoms with E-state index in [1.165, 1.54) is 0 Å². The summed E-state index contributed by atoms with van der Waals surface area (Å²) >= 11 is 0. The molecular weight excluding hydrogens is 249 g/mol. The molecule has 17 heavy (non-hydrogen) atoms. The number of aromatic nitrogens is 2. The number of rotatable bonds is 4. The van der Waals surface area contributed by atoms with Crippen LogP contribution in [0, 0.1) is 0 Å². The minimum absolute atomic E-state index is 0.150. The van der Waals surface area contributed by atoms with E-state index in [0.29, 0.717) is 5.88 Å². The van der Waals surface area contributed by atoms with Crippen molar-refractivity contribution >= 4 is 8.07 Å². The quantitative estimate of drug-likeness (QED) is 0.848. The van der Waals surface area contributed by atoms with E-state index in [4.69, 9.17) is 4.74 Å². The standard InChI is InChI=1S/C10H15F3N2OSi/c1-17(2,7-16-8-3-6-14-15-8)9(4-5-9)10(11,12)13/h3,6H,4-5,7H2,1-2H3,(H,14,15). The summed E-state index contributed by atoms with van der Waals surface area (Å²) in [5, 5.41) is 4.90. The number of ether oxygens (including phenoxy) is 1. The molecule has 0 atom stereocenters. The van der Waals surface area contributed by atoms with Gasteiger partial charge in [-0.15, -0.1) is 5.10 Å². The maximum atomic E-state index is 13.0. The van der Waals surface area contributed by atoms with Gasteiger partial charge in [0.2, 0.25) is 5.88 Å². The molecule has 1 aliphatic rings. The van der Waals surface area contributed by atoms with E-state index in [2.05, 4.69) is 10.2 Å². The molecule has 2 rings (SSSR count). The Morgan fingerprint density at radius 3 is 2.53 bits per heavy atom. The van der Waals surface area contributed by atoms with Crippen LogP contribution in [0.3, 0.4) is 0 Å². The fourth-order valence-electron chi connectivity index (χ4n) is 2.19. The molecule has 0 spiro atoms. The molecule has 96 valence electrons. The Labute approximate surface area is 98.4 Å². The van der Waals surface area contributed by atoms with Gasteiger partial charge in [0.15, 0.2) is 0 Å². The lowest BCUT2D eigenvalue weighted by atomic mass is 10.4. The third-order valence-corrected chi connectivity index (χ3v) is 7.88. The van der Waals surface area contributed by atoms with Crippen LogP contribution in [0.15, 0.2) is 12.3 Å². The molecule has 0 unspecified atom stereocenters. The lowest BCUT2D eigenvalue weighted by Crippen LogP contribution is -2.48. The van der Waals surface area contributed by atoms with Crippen LogP contribution in [0.1, 0.15) is 12.8 Å². The maximum Gasteiger partial charge on any atom is 0.392 e. The molecule has 7 heteroatoms. The molecule has 1 fully saturated rings. The number of H-pyrrole nitrogens is 1. The predicted octanol–water partition coefficient (Wildman–Crippen LogP) is 3.13. The van der Waals surface area contributed by atoms with E-state index in [9.17, 15) is 13.2 Å². The number of alkyl halides is 3. The van der Waals surface area contributed by atoms with E-state index in [-0.39, 0.29) is 19.1 Å². The molecule has 1 heterocycles. The van der Waals surface area contributed by atoms with Crippen LogP contribution in [0.5, 0.6) is 5.88 Å². The van der Waals surface area contributed by atoms with Crippen LogP contribution in [-0.4, -0.2) is 30.7 Å². The SMILES string of the molecule is C[Si](C)(COc1cc[nH]n1)C1(C(F)(F)F)CC1. The molecule has 0 saturated heterocycles. The molecule has 0 radical (unpaired) electrons. The third-order valence-electron chi connectivity index (χ3n) is 3.64. The van der Waals surface area contributed by atoms with Gasteiger partial charge in [-0.05, 0) is 12.8 Å². The predicted molar refractivity (Wildman–Crippen MR) is 59.5 cm³/mol. The van der Waals surface area contributed by atoms with Gasteiger partial charge >= 0.3 is 6.18 Å². The Kier molecular flexibility index (Phi) is 2.76. The number of halogens is 3. The molecular formula is C10H15F3N2OSi. The van der Waals surface area contributed by atoms with Gasteiger partial charge < -0.3 is 4.74 Å². The average Bonchev–Trinajstić information content (AvgIpc) is 2.89. The van der Waals surface area contributed by atoms with E-state index in [1.807, 2.05) is 0 Å². The highest BCUT2D eigenvalue weighted by Crippen LogP contribution is 2.69. The fourth-order valence-corrected chi connectivity index (χ4v) is 5.22. The Balaban J connectivity index is 2.04. The van der Waals surface area contributed by atoms with E-state index in [0.717, 1.165) is 0 Å². The van der Waals surface area contributed by atoms with Crippen LogP contribution >= 0.6 is 0 Å². The molecule has 0 amide bonds. The van der Waals surface area contributed by atoms with Crippen molar-refractivity contribution in [2.45, 2.75) is 37.2 Å². The van der Waals surface area contributed by atoms with Crippen LogP contribution in [0.4, 0.5) is 13.2 Å². The van der Waals surface area contributed by atoms with Gasteiger partial charge in [-0.25, -0.2) is 0 Å². The molecule has 1 N–H and O–H groups in total. The Morgan fingerprint density at radius 2 is 2.12 bits per heavy atom. The molecule has 3 nitrogen and oxygen atoms in total. The second-order valence-electron chi connectivity index (χ2n) is 5.16. The number of nitrogens with one attached hydrogen (secondary N) is 1. The largest absolute Gasteiger partial charge is 0.480 e. The first kappa shape index (κ1) is 12.5. The van der Waals surface area contributed by atoms with Gasteiger partial charge in [0.1, 0.15) is 8.07 Å². The topological polar surface area (TPSA) is 37.9 Å². The first-order chi connectivity index (χ1) is 7.79. The monoisotopic (exact) mass is 264 g/mol. The Hall–Kier alpha value is -0.983. The molecule has 1 aromatic heterocycles. The summed E-state index contributed by atoms with van der Waals surface area (Å²) in [6.45, 7) is 3.47. The summed E-state index contributed by atoms with van der Waals surface area (Å²) in [5.74, 6) is 0.364. The zero-order valence-corrected chi connectivity index (χ0v) is 10.8. The van der Waals surface area contributed by atoms with Crippen molar-refractivity contribution in [3.8, 4) is 5.88 Å². The first-order valence-electron chi connectivity index (χ1n) is 5.48. The highest BCUT2D eigenvalue weighted by Gasteiger charge is 2.71. The summed E-state index contributed by atoms with van der Waals surface area (Å²) in [7, 11) is -2.51. The Morgan fingerprint density at radius 1 is 1.47 bits per heavy atom. The van der Waals surface area contributed by atoms with Crippen molar-refractivity contribution in [2.24, 2.45) is 0 Å². The van der Waals surface area contributed by atoms with Crippen LogP contribution in [-0.2, 0) is 0 Å². The fraction of sp³-hybridized carbons (Fsp3) is 0.700. The van der Waals surface area contributed by atoms with Gasteiger partial charge in [0, 0.05) is 12.3 Å². The van der Waals surface area contributed by atoms with Gasteiger partial charge in [0.25, 0.3) is 0 Å². The van der Waals surface area contributed by atoms with Crippen molar-refractivity contribution in [3.63, 3.8) is 0 Å². The summed E-state index contributed by atoms with van der Waals surface area (Å²) in [6, 6.07) is 1.61.